The Hall–Kier alpha value is -1.06. The molecule has 0 spiro atoms. The van der Waals surface area contributed by atoms with Crippen molar-refractivity contribution in [1.29, 1.82) is 0 Å². The lowest BCUT2D eigenvalue weighted by Gasteiger charge is -2.16. The maximum atomic E-state index is 12.1. The maximum Gasteiger partial charge on any atom is 0.308 e. The molecule has 0 bridgehead atoms. The molecule has 0 aliphatic heterocycles. The highest BCUT2D eigenvalue weighted by atomic mass is 16.5. The fraction of sp³-hybridized carbons (Fsp3) is 0.905. The van der Waals surface area contributed by atoms with Crippen LogP contribution in [0.25, 0.3) is 0 Å². The van der Waals surface area contributed by atoms with E-state index in [0.29, 0.717) is 31.5 Å². The lowest BCUT2D eigenvalue weighted by molar-refractivity contribution is -0.150. The van der Waals surface area contributed by atoms with Crippen LogP contribution in [0.2, 0.25) is 0 Å². The highest BCUT2D eigenvalue weighted by Gasteiger charge is 2.18. The molecule has 4 nitrogen and oxygen atoms in total. The molecular formula is C21H40O4. The van der Waals surface area contributed by atoms with E-state index in [9.17, 15) is 9.59 Å². The van der Waals surface area contributed by atoms with Crippen molar-refractivity contribution in [2.24, 2.45) is 17.8 Å². The van der Waals surface area contributed by atoms with Gasteiger partial charge in [-0.3, -0.25) is 9.59 Å². The van der Waals surface area contributed by atoms with Gasteiger partial charge in [-0.05, 0) is 31.1 Å². The van der Waals surface area contributed by atoms with Crippen molar-refractivity contribution in [2.75, 3.05) is 13.2 Å². The van der Waals surface area contributed by atoms with Gasteiger partial charge in [0.25, 0.3) is 0 Å². The summed E-state index contributed by atoms with van der Waals surface area (Å²) in [5.41, 5.74) is 0. The van der Waals surface area contributed by atoms with Crippen molar-refractivity contribution >= 4 is 11.9 Å². The van der Waals surface area contributed by atoms with E-state index < -0.39 is 0 Å². The molecule has 0 amide bonds. The van der Waals surface area contributed by atoms with Gasteiger partial charge in [0.2, 0.25) is 0 Å². The summed E-state index contributed by atoms with van der Waals surface area (Å²) in [5.74, 6) is 0.730. The first-order valence-electron chi connectivity index (χ1n) is 10.2. The number of ether oxygens (including phenoxy) is 2. The summed E-state index contributed by atoms with van der Waals surface area (Å²) in [4.78, 5) is 23.6. The van der Waals surface area contributed by atoms with Gasteiger partial charge in [-0.25, -0.2) is 0 Å². The van der Waals surface area contributed by atoms with Gasteiger partial charge in [-0.15, -0.1) is 0 Å². The monoisotopic (exact) mass is 356 g/mol. The fourth-order valence-electron chi connectivity index (χ4n) is 2.62. The maximum absolute atomic E-state index is 12.1. The van der Waals surface area contributed by atoms with E-state index in [1.165, 1.54) is 0 Å². The highest BCUT2D eigenvalue weighted by molar-refractivity contribution is 5.72. The molecule has 0 saturated carbocycles. The summed E-state index contributed by atoms with van der Waals surface area (Å²) in [6.07, 6.45) is 8.58. The van der Waals surface area contributed by atoms with Gasteiger partial charge in [-0.2, -0.15) is 0 Å². The number of carbonyl (C=O) groups excluding carboxylic acids is 2. The molecule has 4 heteroatoms. The van der Waals surface area contributed by atoms with Crippen LogP contribution in [-0.4, -0.2) is 25.2 Å². The first-order valence-corrected chi connectivity index (χ1v) is 10.2. The number of esters is 2. The lowest BCUT2D eigenvalue weighted by Crippen LogP contribution is -2.20. The number of carbonyl (C=O) groups is 2. The van der Waals surface area contributed by atoms with Crippen LogP contribution in [0, 0.1) is 17.8 Å². The molecule has 0 aromatic heterocycles. The number of rotatable bonds is 15. The van der Waals surface area contributed by atoms with Crippen molar-refractivity contribution in [3.05, 3.63) is 0 Å². The van der Waals surface area contributed by atoms with Crippen LogP contribution in [0.3, 0.4) is 0 Å². The van der Waals surface area contributed by atoms with Gasteiger partial charge in [0.1, 0.15) is 0 Å². The Labute approximate surface area is 155 Å². The van der Waals surface area contributed by atoms with E-state index in [1.54, 1.807) is 0 Å². The zero-order chi connectivity index (χ0) is 19.1. The molecule has 0 aliphatic carbocycles. The third kappa shape index (κ3) is 14.9. The first kappa shape index (κ1) is 23.9. The quantitative estimate of drug-likeness (QED) is 0.286. The second kappa shape index (κ2) is 15.2. The van der Waals surface area contributed by atoms with Gasteiger partial charge in [0.05, 0.1) is 19.1 Å². The third-order valence-electron chi connectivity index (χ3n) is 4.04. The van der Waals surface area contributed by atoms with Crippen molar-refractivity contribution < 1.29 is 19.1 Å². The Morgan fingerprint density at radius 3 is 1.92 bits per heavy atom. The highest BCUT2D eigenvalue weighted by Crippen LogP contribution is 2.19. The Morgan fingerprint density at radius 2 is 1.32 bits per heavy atom. The molecule has 0 radical (unpaired) electrons. The van der Waals surface area contributed by atoms with E-state index in [-0.39, 0.29) is 17.9 Å². The summed E-state index contributed by atoms with van der Waals surface area (Å²) in [7, 11) is 0. The Balaban J connectivity index is 3.74. The number of unbranched alkanes of at least 4 members (excludes halogenated alkanes) is 4. The van der Waals surface area contributed by atoms with Crippen LogP contribution in [0.15, 0.2) is 0 Å². The molecule has 0 aromatic carbocycles. The van der Waals surface area contributed by atoms with Crippen LogP contribution in [0.1, 0.15) is 92.4 Å². The van der Waals surface area contributed by atoms with E-state index in [1.807, 2.05) is 13.8 Å². The van der Waals surface area contributed by atoms with Crippen LogP contribution >= 0.6 is 0 Å². The normalized spacial score (nSPS) is 12.4. The first-order chi connectivity index (χ1) is 11.9. The minimum absolute atomic E-state index is 0.0246. The van der Waals surface area contributed by atoms with Gasteiger partial charge in [0.15, 0.2) is 0 Å². The average Bonchev–Trinajstić information content (AvgIpc) is 2.55. The predicted octanol–water partition coefficient (Wildman–Crippen LogP) is 5.53. The minimum Gasteiger partial charge on any atom is -0.465 e. The molecule has 0 N–H and O–H groups in total. The zero-order valence-corrected chi connectivity index (χ0v) is 17.1. The third-order valence-corrected chi connectivity index (χ3v) is 4.04. The SMILES string of the molecule is CCCC(CCCCCCCC(=O)OCC(C)C)C(=O)OCC(C)C. The van der Waals surface area contributed by atoms with Crippen LogP contribution < -0.4 is 0 Å². The molecule has 0 heterocycles. The summed E-state index contributed by atoms with van der Waals surface area (Å²) in [6.45, 7) is 11.3. The predicted molar refractivity (Wildman–Crippen MR) is 102 cm³/mol. The molecule has 25 heavy (non-hydrogen) atoms. The standard InChI is InChI=1S/C21H40O4/c1-6-12-19(21(23)25-16-18(4)5)13-10-8-7-9-11-14-20(22)24-15-17(2)3/h17-19H,6-16H2,1-5H3. The van der Waals surface area contributed by atoms with Crippen LogP contribution in [0.4, 0.5) is 0 Å². The molecule has 0 saturated heterocycles. The van der Waals surface area contributed by atoms with Gasteiger partial charge in [-0.1, -0.05) is 66.7 Å². The summed E-state index contributed by atoms with van der Waals surface area (Å²) in [5, 5.41) is 0. The minimum atomic E-state index is -0.0791. The topological polar surface area (TPSA) is 52.6 Å². The van der Waals surface area contributed by atoms with Crippen molar-refractivity contribution in [3.8, 4) is 0 Å². The molecule has 0 fully saturated rings. The van der Waals surface area contributed by atoms with E-state index in [4.69, 9.17) is 9.47 Å². The van der Waals surface area contributed by atoms with E-state index in [0.717, 1.165) is 51.4 Å². The molecule has 1 unspecified atom stereocenters. The van der Waals surface area contributed by atoms with Crippen molar-refractivity contribution in [3.63, 3.8) is 0 Å². The number of hydrogen-bond acceptors (Lipinski definition) is 4. The summed E-state index contributed by atoms with van der Waals surface area (Å²) in [6, 6.07) is 0. The zero-order valence-electron chi connectivity index (χ0n) is 17.1. The molecule has 0 rings (SSSR count). The molecule has 148 valence electrons. The second-order valence-electron chi connectivity index (χ2n) is 7.89. The second-order valence-corrected chi connectivity index (χ2v) is 7.89. The largest absolute Gasteiger partial charge is 0.465 e. The van der Waals surface area contributed by atoms with Crippen LogP contribution in [-0.2, 0) is 19.1 Å². The molecule has 1 atom stereocenters. The van der Waals surface area contributed by atoms with E-state index >= 15 is 0 Å². The fourth-order valence-corrected chi connectivity index (χ4v) is 2.62. The van der Waals surface area contributed by atoms with Gasteiger partial charge >= 0.3 is 11.9 Å². The molecular weight excluding hydrogens is 316 g/mol. The Bertz CT molecular complexity index is 350. The lowest BCUT2D eigenvalue weighted by atomic mass is 9.96. The van der Waals surface area contributed by atoms with E-state index in [2.05, 4.69) is 20.8 Å². The summed E-state index contributed by atoms with van der Waals surface area (Å²) < 4.78 is 10.6. The van der Waals surface area contributed by atoms with Crippen molar-refractivity contribution in [1.82, 2.24) is 0 Å². The Morgan fingerprint density at radius 1 is 0.760 bits per heavy atom. The van der Waals surface area contributed by atoms with Gasteiger partial charge in [0, 0.05) is 6.42 Å². The molecule has 0 aliphatic rings. The molecule has 0 aromatic rings. The van der Waals surface area contributed by atoms with Crippen LogP contribution in [0.5, 0.6) is 0 Å². The number of hydrogen-bond donors (Lipinski definition) is 0. The smallest absolute Gasteiger partial charge is 0.308 e. The van der Waals surface area contributed by atoms with Gasteiger partial charge < -0.3 is 9.47 Å². The Kier molecular flexibility index (Phi) is 14.6. The summed E-state index contributed by atoms with van der Waals surface area (Å²) >= 11 is 0. The van der Waals surface area contributed by atoms with Crippen molar-refractivity contribution in [2.45, 2.75) is 92.4 Å². The average molecular weight is 357 g/mol.